The maximum Gasteiger partial charge on any atom is 0.254 e. The zero-order valence-electron chi connectivity index (χ0n) is 9.19. The van der Waals surface area contributed by atoms with Crippen LogP contribution in [0.4, 0.5) is 0 Å². The fraction of sp³-hybridized carbons (Fsp3) is 0.636. The first-order chi connectivity index (χ1) is 7.58. The molecule has 0 spiro atoms. The van der Waals surface area contributed by atoms with Crippen LogP contribution in [0.1, 0.15) is 37.9 Å². The fourth-order valence-corrected chi connectivity index (χ4v) is 1.87. The smallest absolute Gasteiger partial charge is 0.254 e. The summed E-state index contributed by atoms with van der Waals surface area (Å²) in [6.07, 6.45) is 2.29. The molecule has 0 aliphatic heterocycles. The van der Waals surface area contributed by atoms with E-state index in [1.165, 1.54) is 6.07 Å². The molecule has 4 nitrogen and oxygen atoms in total. The molecule has 0 aromatic carbocycles. The molecule has 1 aromatic rings. The van der Waals surface area contributed by atoms with Gasteiger partial charge in [-0.3, -0.25) is 9.36 Å². The summed E-state index contributed by atoms with van der Waals surface area (Å²) in [6.45, 7) is 2.22. The van der Waals surface area contributed by atoms with E-state index in [1.807, 2.05) is 0 Å². The van der Waals surface area contributed by atoms with Gasteiger partial charge in [0.15, 0.2) is 0 Å². The Morgan fingerprint density at radius 1 is 1.69 bits per heavy atom. The third kappa shape index (κ3) is 2.62. The van der Waals surface area contributed by atoms with Crippen LogP contribution in [-0.2, 0) is 6.54 Å². The number of aliphatic hydroxyl groups excluding tert-OH is 1. The van der Waals surface area contributed by atoms with Gasteiger partial charge in [-0.15, -0.1) is 0 Å². The highest BCUT2D eigenvalue weighted by Crippen LogP contribution is 2.38. The van der Waals surface area contributed by atoms with E-state index in [9.17, 15) is 9.90 Å². The van der Waals surface area contributed by atoms with Gasteiger partial charge in [-0.05, 0) is 26.2 Å². The molecule has 0 amide bonds. The highest BCUT2D eigenvalue weighted by Gasteiger charge is 2.28. The Morgan fingerprint density at radius 2 is 2.38 bits per heavy atom. The summed E-state index contributed by atoms with van der Waals surface area (Å²) in [5.74, 6) is 1.15. The minimum atomic E-state index is -0.408. The van der Waals surface area contributed by atoms with Crippen molar-refractivity contribution in [3.8, 4) is 0 Å². The van der Waals surface area contributed by atoms with Crippen molar-refractivity contribution >= 4 is 11.6 Å². The number of nitrogens with zero attached hydrogens (tertiary/aromatic N) is 2. The van der Waals surface area contributed by atoms with Gasteiger partial charge < -0.3 is 5.11 Å². The lowest BCUT2D eigenvalue weighted by Gasteiger charge is -2.12. The molecule has 2 rings (SSSR count). The van der Waals surface area contributed by atoms with Gasteiger partial charge >= 0.3 is 0 Å². The Hall–Kier alpha value is -0.870. The second kappa shape index (κ2) is 4.55. The maximum atomic E-state index is 11.8. The molecule has 1 N–H and O–H groups in total. The maximum absolute atomic E-state index is 11.8. The molecule has 1 atom stereocenters. The second-order valence-corrected chi connectivity index (χ2v) is 4.73. The van der Waals surface area contributed by atoms with E-state index in [4.69, 9.17) is 11.6 Å². The molecule has 5 heteroatoms. The molecule has 1 aromatic heterocycles. The zero-order valence-corrected chi connectivity index (χ0v) is 9.94. The summed E-state index contributed by atoms with van der Waals surface area (Å²) in [4.78, 5) is 16.0. The third-order valence-corrected chi connectivity index (χ3v) is 2.91. The van der Waals surface area contributed by atoms with Crippen molar-refractivity contribution < 1.29 is 5.11 Å². The summed E-state index contributed by atoms with van der Waals surface area (Å²) < 4.78 is 1.64. The van der Waals surface area contributed by atoms with Gasteiger partial charge in [0.05, 0.1) is 6.10 Å². The molecular weight excluding hydrogens is 228 g/mol. The quantitative estimate of drug-likeness (QED) is 0.815. The first kappa shape index (κ1) is 11.6. The minimum absolute atomic E-state index is 0.123. The molecule has 0 bridgehead atoms. The van der Waals surface area contributed by atoms with E-state index in [2.05, 4.69) is 4.98 Å². The van der Waals surface area contributed by atoms with Gasteiger partial charge in [-0.2, -0.15) is 0 Å². The van der Waals surface area contributed by atoms with Crippen LogP contribution in [0.25, 0.3) is 0 Å². The number of rotatable bonds is 4. The van der Waals surface area contributed by atoms with Crippen molar-refractivity contribution in [3.63, 3.8) is 0 Å². The van der Waals surface area contributed by atoms with Crippen molar-refractivity contribution in [2.45, 2.75) is 44.8 Å². The van der Waals surface area contributed by atoms with Crippen molar-refractivity contribution in [1.82, 2.24) is 9.55 Å². The lowest BCUT2D eigenvalue weighted by Crippen LogP contribution is -2.25. The van der Waals surface area contributed by atoms with E-state index in [-0.39, 0.29) is 10.7 Å². The molecule has 1 heterocycles. The molecule has 0 radical (unpaired) electrons. The fourth-order valence-electron chi connectivity index (χ4n) is 1.69. The largest absolute Gasteiger partial charge is 0.393 e. The van der Waals surface area contributed by atoms with E-state index in [0.717, 1.165) is 18.7 Å². The van der Waals surface area contributed by atoms with E-state index >= 15 is 0 Å². The van der Waals surface area contributed by atoms with E-state index in [1.54, 1.807) is 11.5 Å². The highest BCUT2D eigenvalue weighted by molar-refractivity contribution is 6.29. The highest BCUT2D eigenvalue weighted by atomic mass is 35.5. The van der Waals surface area contributed by atoms with Crippen LogP contribution in [0, 0.1) is 0 Å². The molecule has 0 saturated heterocycles. The van der Waals surface area contributed by atoms with Crippen molar-refractivity contribution in [2.75, 3.05) is 0 Å². The Labute approximate surface area is 98.9 Å². The first-order valence-corrected chi connectivity index (χ1v) is 5.91. The minimum Gasteiger partial charge on any atom is -0.393 e. The van der Waals surface area contributed by atoms with Crippen LogP contribution in [-0.4, -0.2) is 20.8 Å². The molecule has 1 fully saturated rings. The molecule has 1 aliphatic rings. The van der Waals surface area contributed by atoms with Gasteiger partial charge in [0.1, 0.15) is 11.0 Å². The lowest BCUT2D eigenvalue weighted by molar-refractivity contribution is 0.177. The third-order valence-electron chi connectivity index (χ3n) is 2.72. The molecule has 88 valence electrons. The summed E-state index contributed by atoms with van der Waals surface area (Å²) in [7, 11) is 0. The number of hydrogen-bond acceptors (Lipinski definition) is 3. The monoisotopic (exact) mass is 242 g/mol. The molecule has 1 unspecified atom stereocenters. The standard InChI is InChI=1S/C11H15ClN2O2/c1-7(15)4-5-14-10(16)6-9(12)13-11(14)8-2-3-8/h6-8,15H,2-5H2,1H3. The van der Waals surface area contributed by atoms with Crippen LogP contribution in [0.3, 0.4) is 0 Å². The van der Waals surface area contributed by atoms with Gasteiger partial charge in [0, 0.05) is 18.5 Å². The summed E-state index contributed by atoms with van der Waals surface area (Å²) >= 11 is 5.78. The number of aromatic nitrogens is 2. The topological polar surface area (TPSA) is 55.1 Å². The van der Waals surface area contributed by atoms with Crippen molar-refractivity contribution in [1.29, 1.82) is 0 Å². The second-order valence-electron chi connectivity index (χ2n) is 4.34. The Kier molecular flexibility index (Phi) is 3.30. The average Bonchev–Trinajstić information content (AvgIpc) is 2.97. The summed E-state index contributed by atoms with van der Waals surface area (Å²) in [6, 6.07) is 1.33. The van der Waals surface area contributed by atoms with Gasteiger partial charge in [0.25, 0.3) is 5.56 Å². The van der Waals surface area contributed by atoms with Crippen LogP contribution in [0.2, 0.25) is 5.15 Å². The van der Waals surface area contributed by atoms with E-state index in [0.29, 0.717) is 18.9 Å². The molecular formula is C11H15ClN2O2. The predicted molar refractivity (Wildman–Crippen MR) is 61.8 cm³/mol. The molecule has 1 aliphatic carbocycles. The van der Waals surface area contributed by atoms with Gasteiger partial charge in [-0.25, -0.2) is 4.98 Å². The normalized spacial score (nSPS) is 17.4. The van der Waals surface area contributed by atoms with Crippen LogP contribution < -0.4 is 5.56 Å². The Bertz CT molecular complexity index is 438. The van der Waals surface area contributed by atoms with Crippen LogP contribution in [0.5, 0.6) is 0 Å². The SMILES string of the molecule is CC(O)CCn1c(C2CC2)nc(Cl)cc1=O. The van der Waals surface area contributed by atoms with Crippen LogP contribution in [0.15, 0.2) is 10.9 Å². The van der Waals surface area contributed by atoms with Gasteiger partial charge in [-0.1, -0.05) is 11.6 Å². The van der Waals surface area contributed by atoms with Gasteiger partial charge in [0.2, 0.25) is 0 Å². The summed E-state index contributed by atoms with van der Waals surface area (Å²) in [5.41, 5.74) is -0.123. The summed E-state index contributed by atoms with van der Waals surface area (Å²) in [5, 5.41) is 9.51. The van der Waals surface area contributed by atoms with E-state index < -0.39 is 6.10 Å². The lowest BCUT2D eigenvalue weighted by atomic mass is 10.2. The zero-order chi connectivity index (χ0) is 11.7. The Morgan fingerprint density at radius 3 is 2.94 bits per heavy atom. The average molecular weight is 243 g/mol. The van der Waals surface area contributed by atoms with Crippen molar-refractivity contribution in [2.24, 2.45) is 0 Å². The number of halogens is 1. The number of aliphatic hydroxyl groups is 1. The first-order valence-electron chi connectivity index (χ1n) is 5.53. The molecule has 1 saturated carbocycles. The predicted octanol–water partition coefficient (Wildman–Crippen LogP) is 1.54. The Balaban J connectivity index is 2.30. The molecule has 16 heavy (non-hydrogen) atoms. The van der Waals surface area contributed by atoms with Crippen LogP contribution >= 0.6 is 11.6 Å². The van der Waals surface area contributed by atoms with Crippen molar-refractivity contribution in [3.05, 3.63) is 27.4 Å². The number of hydrogen-bond donors (Lipinski definition) is 1.